The van der Waals surface area contributed by atoms with Gasteiger partial charge in [0.05, 0.1) is 32.6 Å². The normalized spacial score (nSPS) is 16.1. The Labute approximate surface area is 129 Å². The van der Waals surface area contributed by atoms with Gasteiger partial charge in [0.25, 0.3) is 0 Å². The Hall–Kier alpha value is -1.72. The first-order valence-corrected chi connectivity index (χ1v) is 8.27. The molecule has 0 atom stereocenters. The van der Waals surface area contributed by atoms with E-state index in [1.54, 1.807) is 16.2 Å². The molecule has 1 saturated heterocycles. The number of carbonyl (C=O) groups is 1. The van der Waals surface area contributed by atoms with Crippen LogP contribution in [0.1, 0.15) is 11.1 Å². The van der Waals surface area contributed by atoms with Gasteiger partial charge in [-0.2, -0.15) is 11.3 Å². The lowest BCUT2D eigenvalue weighted by Crippen LogP contribution is -3.13. The Morgan fingerprint density at radius 3 is 2.62 bits per heavy atom. The van der Waals surface area contributed by atoms with Crippen molar-refractivity contribution in [3.05, 3.63) is 52.5 Å². The average Bonchev–Trinajstić information content (AvgIpc) is 3.02. The van der Waals surface area contributed by atoms with Gasteiger partial charge in [0, 0.05) is 18.0 Å². The molecule has 1 aliphatic heterocycles. The van der Waals surface area contributed by atoms with Gasteiger partial charge in [0.15, 0.2) is 0 Å². The number of piperazine rings is 1. The Bertz CT molecular complexity index is 562. The van der Waals surface area contributed by atoms with Crippen molar-refractivity contribution in [2.45, 2.75) is 13.0 Å². The summed E-state index contributed by atoms with van der Waals surface area (Å²) in [5.74, 6) is 0.261. The number of nitrogens with zero attached hydrogens (tertiary/aromatic N) is 2. The predicted octanol–water partition coefficient (Wildman–Crippen LogP) is 0.613. The molecule has 0 aliphatic carbocycles. The van der Waals surface area contributed by atoms with Gasteiger partial charge < -0.3 is 9.80 Å². The largest absolute Gasteiger partial charge is 0.331 e. The smallest absolute Gasteiger partial charge is 0.227 e. The molecule has 0 aromatic carbocycles. The third-order valence-corrected chi connectivity index (χ3v) is 4.69. The summed E-state index contributed by atoms with van der Waals surface area (Å²) in [5.41, 5.74) is 2.45. The van der Waals surface area contributed by atoms with E-state index in [0.29, 0.717) is 6.42 Å². The highest BCUT2D eigenvalue weighted by Gasteiger charge is 2.23. The molecular formula is C16H20N3OS+. The van der Waals surface area contributed by atoms with Gasteiger partial charge in [-0.3, -0.25) is 9.78 Å². The second-order valence-corrected chi connectivity index (χ2v) is 6.25. The van der Waals surface area contributed by atoms with Crippen molar-refractivity contribution >= 4 is 17.2 Å². The summed E-state index contributed by atoms with van der Waals surface area (Å²) in [7, 11) is 0. The number of nitrogens with one attached hydrogen (secondary N) is 1. The van der Waals surface area contributed by atoms with Gasteiger partial charge in [0.2, 0.25) is 5.91 Å². The molecule has 0 saturated carbocycles. The van der Waals surface area contributed by atoms with E-state index < -0.39 is 0 Å². The van der Waals surface area contributed by atoms with Crippen LogP contribution in [-0.2, 0) is 17.8 Å². The average molecular weight is 302 g/mol. The van der Waals surface area contributed by atoms with Gasteiger partial charge in [0.1, 0.15) is 6.54 Å². The minimum atomic E-state index is 0.261. The van der Waals surface area contributed by atoms with Crippen molar-refractivity contribution in [3.8, 4) is 0 Å². The fraction of sp³-hybridized carbons (Fsp3) is 0.375. The summed E-state index contributed by atoms with van der Waals surface area (Å²) in [6.45, 7) is 4.80. The SMILES string of the molecule is O=C(Cc1ccsc1)N1CC[NH+](Cc2ccncc2)CC1. The van der Waals surface area contributed by atoms with E-state index in [-0.39, 0.29) is 5.91 Å². The van der Waals surface area contributed by atoms with E-state index in [4.69, 9.17) is 0 Å². The van der Waals surface area contributed by atoms with Crippen molar-refractivity contribution in [2.75, 3.05) is 26.2 Å². The Kier molecular flexibility index (Phi) is 4.62. The fourth-order valence-corrected chi connectivity index (χ4v) is 3.39. The number of thiophene rings is 1. The lowest BCUT2D eigenvalue weighted by molar-refractivity contribution is -0.917. The molecule has 1 amide bonds. The molecule has 110 valence electrons. The summed E-state index contributed by atoms with van der Waals surface area (Å²) in [5, 5.41) is 4.09. The third-order valence-electron chi connectivity index (χ3n) is 3.96. The molecule has 1 fully saturated rings. The Balaban J connectivity index is 1.47. The fourth-order valence-electron chi connectivity index (χ4n) is 2.72. The lowest BCUT2D eigenvalue weighted by Gasteiger charge is -2.32. The van der Waals surface area contributed by atoms with Crippen LogP contribution >= 0.6 is 11.3 Å². The van der Waals surface area contributed by atoms with E-state index in [0.717, 1.165) is 38.3 Å². The number of aromatic nitrogens is 1. The quantitative estimate of drug-likeness (QED) is 0.899. The molecule has 0 unspecified atom stereocenters. The maximum atomic E-state index is 12.2. The van der Waals surface area contributed by atoms with Crippen LogP contribution in [0.5, 0.6) is 0 Å². The van der Waals surface area contributed by atoms with Crippen LogP contribution in [0, 0.1) is 0 Å². The second kappa shape index (κ2) is 6.83. The number of hydrogen-bond acceptors (Lipinski definition) is 3. The van der Waals surface area contributed by atoms with E-state index in [1.807, 2.05) is 28.7 Å². The summed E-state index contributed by atoms with van der Waals surface area (Å²) < 4.78 is 0. The van der Waals surface area contributed by atoms with Crippen molar-refractivity contribution in [3.63, 3.8) is 0 Å². The van der Waals surface area contributed by atoms with Crippen LogP contribution in [0.3, 0.4) is 0 Å². The summed E-state index contributed by atoms with van der Waals surface area (Å²) >= 11 is 1.65. The number of carbonyl (C=O) groups excluding carboxylic acids is 1. The monoisotopic (exact) mass is 302 g/mol. The highest BCUT2D eigenvalue weighted by atomic mass is 32.1. The van der Waals surface area contributed by atoms with Crippen molar-refractivity contribution in [2.24, 2.45) is 0 Å². The minimum absolute atomic E-state index is 0.261. The summed E-state index contributed by atoms with van der Waals surface area (Å²) in [6.07, 6.45) is 4.23. The first-order valence-electron chi connectivity index (χ1n) is 7.32. The van der Waals surface area contributed by atoms with Gasteiger partial charge in [-0.25, -0.2) is 0 Å². The molecule has 2 aromatic rings. The van der Waals surface area contributed by atoms with Gasteiger partial charge in [-0.05, 0) is 34.5 Å². The zero-order chi connectivity index (χ0) is 14.5. The lowest BCUT2D eigenvalue weighted by atomic mass is 10.2. The number of pyridine rings is 1. The molecule has 5 heteroatoms. The van der Waals surface area contributed by atoms with Crippen LogP contribution in [0.4, 0.5) is 0 Å². The van der Waals surface area contributed by atoms with Crippen LogP contribution in [0.15, 0.2) is 41.4 Å². The minimum Gasteiger partial charge on any atom is -0.331 e. The van der Waals surface area contributed by atoms with Crippen molar-refractivity contribution in [1.82, 2.24) is 9.88 Å². The zero-order valence-electron chi connectivity index (χ0n) is 12.0. The third kappa shape index (κ3) is 3.89. The van der Waals surface area contributed by atoms with E-state index in [1.165, 1.54) is 5.56 Å². The highest BCUT2D eigenvalue weighted by Crippen LogP contribution is 2.08. The molecule has 1 N–H and O–H groups in total. The molecule has 21 heavy (non-hydrogen) atoms. The Morgan fingerprint density at radius 1 is 1.19 bits per heavy atom. The highest BCUT2D eigenvalue weighted by molar-refractivity contribution is 7.07. The van der Waals surface area contributed by atoms with Crippen LogP contribution in [0.25, 0.3) is 0 Å². The topological polar surface area (TPSA) is 37.6 Å². The summed E-state index contributed by atoms with van der Waals surface area (Å²) in [4.78, 5) is 19.8. The standard InChI is InChI=1S/C16H19N3OS/c20-16(11-15-3-10-21-13-15)19-8-6-18(7-9-19)12-14-1-4-17-5-2-14/h1-5,10,13H,6-9,11-12H2/p+1. The van der Waals surface area contributed by atoms with Crippen molar-refractivity contribution in [1.29, 1.82) is 0 Å². The van der Waals surface area contributed by atoms with Crippen LogP contribution in [-0.4, -0.2) is 42.0 Å². The predicted molar refractivity (Wildman–Crippen MR) is 83.2 cm³/mol. The maximum Gasteiger partial charge on any atom is 0.227 e. The molecule has 2 aromatic heterocycles. The number of hydrogen-bond donors (Lipinski definition) is 1. The van der Waals surface area contributed by atoms with E-state index in [9.17, 15) is 4.79 Å². The van der Waals surface area contributed by atoms with Crippen LogP contribution in [0.2, 0.25) is 0 Å². The first-order chi connectivity index (χ1) is 10.3. The molecule has 4 nitrogen and oxygen atoms in total. The maximum absolute atomic E-state index is 12.2. The van der Waals surface area contributed by atoms with Gasteiger partial charge in [-0.1, -0.05) is 0 Å². The van der Waals surface area contributed by atoms with Crippen molar-refractivity contribution < 1.29 is 9.69 Å². The van der Waals surface area contributed by atoms with Gasteiger partial charge >= 0.3 is 0 Å². The molecule has 0 bridgehead atoms. The first kappa shape index (κ1) is 14.2. The number of rotatable bonds is 4. The van der Waals surface area contributed by atoms with E-state index >= 15 is 0 Å². The molecule has 0 spiro atoms. The molecule has 0 radical (unpaired) electrons. The number of amides is 1. The molecule has 3 heterocycles. The number of quaternary nitrogens is 1. The zero-order valence-corrected chi connectivity index (χ0v) is 12.8. The summed E-state index contributed by atoms with van der Waals surface area (Å²) in [6, 6.07) is 6.18. The molecule has 3 rings (SSSR count). The molecular weight excluding hydrogens is 282 g/mol. The van der Waals surface area contributed by atoms with E-state index in [2.05, 4.69) is 22.5 Å². The second-order valence-electron chi connectivity index (χ2n) is 5.47. The van der Waals surface area contributed by atoms with Gasteiger partial charge in [-0.15, -0.1) is 0 Å². The Morgan fingerprint density at radius 2 is 1.95 bits per heavy atom. The molecule has 1 aliphatic rings. The van der Waals surface area contributed by atoms with Crippen LogP contribution < -0.4 is 4.90 Å².